The summed E-state index contributed by atoms with van der Waals surface area (Å²) in [4.78, 5) is 9.99. The first-order valence-electron chi connectivity index (χ1n) is 3.62. The monoisotopic (exact) mass is 200 g/mol. The molecule has 0 saturated heterocycles. The number of amides is 1. The topological polar surface area (TPSA) is 64.4 Å². The third-order valence-electron chi connectivity index (χ3n) is 1.13. The SMILES string of the molecule is NC(=O)OCCCNC(F)C(F)F. The van der Waals surface area contributed by atoms with Crippen molar-refractivity contribution in [2.24, 2.45) is 5.73 Å². The predicted octanol–water partition coefficient (Wildman–Crippen LogP) is 0.622. The van der Waals surface area contributed by atoms with Crippen LogP contribution < -0.4 is 11.1 Å². The first kappa shape index (κ1) is 12.0. The molecule has 0 rings (SSSR count). The second-order valence-corrected chi connectivity index (χ2v) is 2.21. The van der Waals surface area contributed by atoms with Gasteiger partial charge in [-0.25, -0.2) is 18.0 Å². The molecule has 7 heteroatoms. The van der Waals surface area contributed by atoms with Crippen LogP contribution in [0, 0.1) is 0 Å². The van der Waals surface area contributed by atoms with Crippen LogP contribution in [0.4, 0.5) is 18.0 Å². The Labute approximate surface area is 73.2 Å². The molecule has 1 unspecified atom stereocenters. The summed E-state index contributed by atoms with van der Waals surface area (Å²) in [5.74, 6) is 0. The van der Waals surface area contributed by atoms with Gasteiger partial charge in [-0.05, 0) is 6.42 Å². The van der Waals surface area contributed by atoms with Crippen LogP contribution in [0.2, 0.25) is 0 Å². The molecule has 13 heavy (non-hydrogen) atoms. The van der Waals surface area contributed by atoms with Gasteiger partial charge in [0.1, 0.15) is 0 Å². The Morgan fingerprint density at radius 3 is 2.54 bits per heavy atom. The van der Waals surface area contributed by atoms with Gasteiger partial charge in [-0.3, -0.25) is 5.32 Å². The van der Waals surface area contributed by atoms with E-state index in [1.807, 2.05) is 5.32 Å². The zero-order chi connectivity index (χ0) is 10.3. The fourth-order valence-corrected chi connectivity index (χ4v) is 0.574. The maximum atomic E-state index is 12.1. The summed E-state index contributed by atoms with van der Waals surface area (Å²) in [7, 11) is 0. The molecule has 0 aromatic rings. The quantitative estimate of drug-likeness (QED) is 0.488. The van der Waals surface area contributed by atoms with E-state index >= 15 is 0 Å². The molecule has 0 heterocycles. The molecule has 0 aliphatic rings. The number of hydrogen-bond acceptors (Lipinski definition) is 3. The number of halogens is 3. The lowest BCUT2D eigenvalue weighted by molar-refractivity contribution is 0.0300. The highest BCUT2D eigenvalue weighted by atomic mass is 19.3. The summed E-state index contributed by atoms with van der Waals surface area (Å²) in [5.41, 5.74) is 4.61. The molecule has 0 aliphatic carbocycles. The smallest absolute Gasteiger partial charge is 0.404 e. The number of carbonyl (C=O) groups excluding carboxylic acids is 1. The van der Waals surface area contributed by atoms with Crippen molar-refractivity contribution >= 4 is 6.09 Å². The van der Waals surface area contributed by atoms with Crippen molar-refractivity contribution in [2.45, 2.75) is 19.1 Å². The molecule has 78 valence electrons. The van der Waals surface area contributed by atoms with E-state index in [2.05, 4.69) is 10.5 Å². The first-order chi connectivity index (χ1) is 6.04. The summed E-state index contributed by atoms with van der Waals surface area (Å²) >= 11 is 0. The van der Waals surface area contributed by atoms with Crippen LogP contribution in [0.5, 0.6) is 0 Å². The fourth-order valence-electron chi connectivity index (χ4n) is 0.574. The van der Waals surface area contributed by atoms with Gasteiger partial charge in [-0.1, -0.05) is 0 Å². The van der Waals surface area contributed by atoms with Crippen molar-refractivity contribution in [3.8, 4) is 0 Å². The van der Waals surface area contributed by atoms with Crippen molar-refractivity contribution in [3.63, 3.8) is 0 Å². The van der Waals surface area contributed by atoms with E-state index in [1.165, 1.54) is 0 Å². The highest BCUT2D eigenvalue weighted by Crippen LogP contribution is 2.00. The van der Waals surface area contributed by atoms with E-state index in [-0.39, 0.29) is 19.6 Å². The van der Waals surface area contributed by atoms with Crippen molar-refractivity contribution < 1.29 is 22.7 Å². The number of carbonyl (C=O) groups is 1. The minimum atomic E-state index is -3.04. The van der Waals surface area contributed by atoms with Crippen LogP contribution >= 0.6 is 0 Å². The average molecular weight is 200 g/mol. The Bertz CT molecular complexity index is 157. The zero-order valence-corrected chi connectivity index (χ0v) is 6.80. The van der Waals surface area contributed by atoms with Crippen LogP contribution in [-0.2, 0) is 4.74 Å². The third-order valence-corrected chi connectivity index (χ3v) is 1.13. The van der Waals surface area contributed by atoms with Gasteiger partial charge >= 0.3 is 6.09 Å². The summed E-state index contributed by atoms with van der Waals surface area (Å²) in [6.07, 6.45) is -6.09. The number of rotatable bonds is 6. The largest absolute Gasteiger partial charge is 0.450 e. The van der Waals surface area contributed by atoms with Crippen molar-refractivity contribution in [2.75, 3.05) is 13.2 Å². The molecule has 0 radical (unpaired) electrons. The van der Waals surface area contributed by atoms with Crippen molar-refractivity contribution in [3.05, 3.63) is 0 Å². The minimum absolute atomic E-state index is 0.00120. The molecular weight excluding hydrogens is 189 g/mol. The van der Waals surface area contributed by atoms with Crippen LogP contribution in [0.25, 0.3) is 0 Å². The van der Waals surface area contributed by atoms with Crippen LogP contribution in [-0.4, -0.2) is 32.0 Å². The van der Waals surface area contributed by atoms with E-state index in [9.17, 15) is 18.0 Å². The van der Waals surface area contributed by atoms with E-state index in [0.29, 0.717) is 0 Å². The summed E-state index contributed by atoms with van der Waals surface area (Å²) in [6, 6.07) is 0. The van der Waals surface area contributed by atoms with E-state index < -0.39 is 18.8 Å². The van der Waals surface area contributed by atoms with Crippen LogP contribution in [0.1, 0.15) is 6.42 Å². The number of alkyl halides is 3. The molecule has 1 atom stereocenters. The van der Waals surface area contributed by atoms with Crippen LogP contribution in [0.3, 0.4) is 0 Å². The van der Waals surface area contributed by atoms with Gasteiger partial charge in [-0.2, -0.15) is 0 Å². The van der Waals surface area contributed by atoms with Gasteiger partial charge in [0.15, 0.2) is 0 Å². The Balaban J connectivity index is 3.21. The molecule has 0 spiro atoms. The standard InChI is InChI=1S/C6H11F3N2O2/c7-4(8)5(9)11-2-1-3-13-6(10)12/h4-5,11H,1-3H2,(H2,10,12). The highest BCUT2D eigenvalue weighted by Gasteiger charge is 2.17. The van der Waals surface area contributed by atoms with Gasteiger partial charge in [0.25, 0.3) is 6.43 Å². The molecule has 0 saturated carbocycles. The summed E-state index contributed by atoms with van der Waals surface area (Å²) < 4.78 is 39.4. The second-order valence-electron chi connectivity index (χ2n) is 2.21. The molecule has 4 nitrogen and oxygen atoms in total. The number of nitrogens with one attached hydrogen (secondary N) is 1. The van der Waals surface area contributed by atoms with E-state index in [1.54, 1.807) is 0 Å². The Morgan fingerprint density at radius 1 is 1.46 bits per heavy atom. The first-order valence-corrected chi connectivity index (χ1v) is 3.62. The van der Waals surface area contributed by atoms with Crippen molar-refractivity contribution in [1.29, 1.82) is 0 Å². The molecule has 1 amide bonds. The van der Waals surface area contributed by atoms with Gasteiger partial charge in [0.05, 0.1) is 6.61 Å². The van der Waals surface area contributed by atoms with E-state index in [4.69, 9.17) is 0 Å². The number of ether oxygens (including phenoxy) is 1. The van der Waals surface area contributed by atoms with Gasteiger partial charge in [0, 0.05) is 6.54 Å². The molecule has 3 N–H and O–H groups in total. The molecule has 0 fully saturated rings. The van der Waals surface area contributed by atoms with Gasteiger partial charge in [-0.15, -0.1) is 0 Å². The Hall–Kier alpha value is -0.980. The molecule has 0 aromatic heterocycles. The lowest BCUT2D eigenvalue weighted by atomic mass is 10.4. The Morgan fingerprint density at radius 2 is 2.08 bits per heavy atom. The normalized spacial score (nSPS) is 12.9. The molecule has 0 aromatic carbocycles. The molecule has 0 aliphatic heterocycles. The number of hydrogen-bond donors (Lipinski definition) is 2. The summed E-state index contributed by atoms with van der Waals surface area (Å²) in [5, 5.41) is 1.91. The highest BCUT2D eigenvalue weighted by molar-refractivity contribution is 5.64. The summed E-state index contributed by atoms with van der Waals surface area (Å²) in [6.45, 7) is -0.0168. The lowest BCUT2D eigenvalue weighted by Crippen LogP contribution is -2.32. The fraction of sp³-hybridized carbons (Fsp3) is 0.833. The van der Waals surface area contributed by atoms with Gasteiger partial charge in [0.2, 0.25) is 6.30 Å². The minimum Gasteiger partial charge on any atom is -0.450 e. The molecule has 0 bridgehead atoms. The maximum Gasteiger partial charge on any atom is 0.404 e. The Kier molecular flexibility index (Phi) is 6.03. The number of nitrogens with two attached hydrogens (primary N) is 1. The lowest BCUT2D eigenvalue weighted by Gasteiger charge is -2.08. The molecular formula is C6H11F3N2O2. The van der Waals surface area contributed by atoms with Crippen LogP contribution in [0.15, 0.2) is 0 Å². The van der Waals surface area contributed by atoms with Crippen molar-refractivity contribution in [1.82, 2.24) is 5.32 Å². The predicted molar refractivity (Wildman–Crippen MR) is 39.1 cm³/mol. The zero-order valence-electron chi connectivity index (χ0n) is 6.80. The van der Waals surface area contributed by atoms with E-state index in [0.717, 1.165) is 0 Å². The third kappa shape index (κ3) is 7.38. The van der Waals surface area contributed by atoms with Gasteiger partial charge < -0.3 is 10.5 Å². The average Bonchev–Trinajstić information content (AvgIpc) is 2.02. The maximum absolute atomic E-state index is 12.1. The number of primary amides is 1. The second kappa shape index (κ2) is 6.53.